The molecule has 106 valence electrons. The second kappa shape index (κ2) is 6.53. The Balaban J connectivity index is 2.22. The van der Waals surface area contributed by atoms with Crippen molar-refractivity contribution >= 4 is 15.9 Å². The van der Waals surface area contributed by atoms with Crippen molar-refractivity contribution in [3.8, 4) is 0 Å². The third kappa shape index (κ3) is 3.69. The van der Waals surface area contributed by atoms with Gasteiger partial charge in [-0.2, -0.15) is 0 Å². The van der Waals surface area contributed by atoms with Crippen molar-refractivity contribution < 1.29 is 4.39 Å². The maximum absolute atomic E-state index is 14.0. The molecule has 0 aliphatic heterocycles. The zero-order valence-electron chi connectivity index (χ0n) is 12.2. The van der Waals surface area contributed by atoms with Gasteiger partial charge in [0.05, 0.1) is 4.83 Å². The number of benzene rings is 2. The number of halogens is 2. The Labute approximate surface area is 129 Å². The summed E-state index contributed by atoms with van der Waals surface area (Å²) in [6.45, 7) is 6.32. The van der Waals surface area contributed by atoms with Crippen LogP contribution in [0, 0.1) is 18.7 Å². The fourth-order valence-electron chi connectivity index (χ4n) is 2.31. The Morgan fingerprint density at radius 2 is 1.70 bits per heavy atom. The molecule has 0 spiro atoms. The molecule has 2 heteroatoms. The molecule has 0 saturated heterocycles. The molecule has 1 atom stereocenters. The van der Waals surface area contributed by atoms with Crippen LogP contribution in [-0.2, 0) is 6.42 Å². The molecule has 2 aromatic rings. The van der Waals surface area contributed by atoms with E-state index >= 15 is 0 Å². The molecule has 0 aliphatic rings. The highest BCUT2D eigenvalue weighted by Crippen LogP contribution is 2.33. The molecule has 0 aliphatic carbocycles. The summed E-state index contributed by atoms with van der Waals surface area (Å²) in [7, 11) is 0. The van der Waals surface area contributed by atoms with Gasteiger partial charge >= 0.3 is 0 Å². The Kier molecular flexibility index (Phi) is 4.98. The summed E-state index contributed by atoms with van der Waals surface area (Å²) in [4.78, 5) is -0.101. The van der Waals surface area contributed by atoms with Crippen LogP contribution in [0.5, 0.6) is 0 Å². The highest BCUT2D eigenvalue weighted by atomic mass is 79.9. The molecule has 0 aromatic heterocycles. The Morgan fingerprint density at radius 3 is 2.25 bits per heavy atom. The monoisotopic (exact) mass is 334 g/mol. The summed E-state index contributed by atoms with van der Waals surface area (Å²) >= 11 is 3.60. The van der Waals surface area contributed by atoms with Gasteiger partial charge in [0, 0.05) is 5.56 Å². The van der Waals surface area contributed by atoms with Gasteiger partial charge in [0.2, 0.25) is 0 Å². The van der Waals surface area contributed by atoms with Gasteiger partial charge < -0.3 is 0 Å². The largest absolute Gasteiger partial charge is 0.207 e. The second-order valence-corrected chi connectivity index (χ2v) is 6.64. The van der Waals surface area contributed by atoms with Crippen LogP contribution < -0.4 is 0 Å². The topological polar surface area (TPSA) is 0 Å². The van der Waals surface area contributed by atoms with Crippen LogP contribution in [0.15, 0.2) is 42.5 Å². The lowest BCUT2D eigenvalue weighted by Gasteiger charge is -2.13. The lowest BCUT2D eigenvalue weighted by atomic mass is 9.98. The molecule has 0 fully saturated rings. The molecule has 0 bridgehead atoms. The van der Waals surface area contributed by atoms with E-state index in [1.165, 1.54) is 5.56 Å². The fourth-order valence-corrected chi connectivity index (χ4v) is 2.99. The van der Waals surface area contributed by atoms with Crippen LogP contribution >= 0.6 is 15.9 Å². The molecule has 0 heterocycles. The van der Waals surface area contributed by atoms with E-state index in [1.807, 2.05) is 19.1 Å². The van der Waals surface area contributed by atoms with Crippen molar-refractivity contribution in [1.29, 1.82) is 0 Å². The zero-order chi connectivity index (χ0) is 14.7. The summed E-state index contributed by atoms with van der Waals surface area (Å²) in [5.41, 5.74) is 4.04. The van der Waals surface area contributed by atoms with Crippen molar-refractivity contribution in [3.63, 3.8) is 0 Å². The molecule has 1 unspecified atom stereocenters. The molecule has 2 rings (SSSR count). The third-order valence-electron chi connectivity index (χ3n) is 3.35. The molecule has 0 radical (unpaired) electrons. The van der Waals surface area contributed by atoms with E-state index in [4.69, 9.17) is 0 Å². The van der Waals surface area contributed by atoms with Crippen LogP contribution in [0.4, 0.5) is 4.39 Å². The van der Waals surface area contributed by atoms with Crippen LogP contribution in [-0.4, -0.2) is 0 Å². The minimum Gasteiger partial charge on any atom is -0.207 e. The van der Waals surface area contributed by atoms with E-state index in [9.17, 15) is 4.39 Å². The molecule has 2 aromatic carbocycles. The van der Waals surface area contributed by atoms with Crippen molar-refractivity contribution in [3.05, 3.63) is 70.5 Å². The second-order valence-electron chi connectivity index (χ2n) is 5.73. The van der Waals surface area contributed by atoms with Gasteiger partial charge in [-0.15, -0.1) is 0 Å². The first-order valence-electron chi connectivity index (χ1n) is 6.96. The summed E-state index contributed by atoms with van der Waals surface area (Å²) in [6.07, 6.45) is 1.08. The number of hydrogen-bond acceptors (Lipinski definition) is 0. The predicted octanol–water partition coefficient (Wildman–Crippen LogP) is 5.82. The summed E-state index contributed by atoms with van der Waals surface area (Å²) < 4.78 is 14.0. The molecule has 20 heavy (non-hydrogen) atoms. The van der Waals surface area contributed by atoms with Gasteiger partial charge in [0.15, 0.2) is 0 Å². The first-order chi connectivity index (χ1) is 9.47. The predicted molar refractivity (Wildman–Crippen MR) is 86.9 cm³/mol. The summed E-state index contributed by atoms with van der Waals surface area (Å²) in [5.74, 6) is 0.494. The lowest BCUT2D eigenvalue weighted by molar-refractivity contribution is 0.612. The smallest absolute Gasteiger partial charge is 0.128 e. The van der Waals surface area contributed by atoms with Gasteiger partial charge in [0.1, 0.15) is 5.82 Å². The van der Waals surface area contributed by atoms with Crippen molar-refractivity contribution in [2.75, 3.05) is 0 Å². The molecular weight excluding hydrogens is 315 g/mol. The van der Waals surface area contributed by atoms with Gasteiger partial charge in [-0.25, -0.2) is 4.39 Å². The van der Waals surface area contributed by atoms with Gasteiger partial charge in [-0.1, -0.05) is 66.2 Å². The zero-order valence-corrected chi connectivity index (χ0v) is 13.7. The minimum absolute atomic E-state index is 0.101. The fraction of sp³-hybridized carbons (Fsp3) is 0.333. The molecule has 0 nitrogen and oxygen atoms in total. The van der Waals surface area contributed by atoms with Gasteiger partial charge in [-0.05, 0) is 42.0 Å². The highest BCUT2D eigenvalue weighted by Gasteiger charge is 2.14. The van der Waals surface area contributed by atoms with E-state index in [-0.39, 0.29) is 10.6 Å². The maximum atomic E-state index is 14.0. The van der Waals surface area contributed by atoms with Crippen molar-refractivity contribution in [2.24, 2.45) is 5.92 Å². The number of rotatable bonds is 4. The normalized spacial score (nSPS) is 12.7. The van der Waals surface area contributed by atoms with Gasteiger partial charge in [-0.3, -0.25) is 0 Å². The number of hydrogen-bond donors (Lipinski definition) is 0. The maximum Gasteiger partial charge on any atom is 0.128 e. The first-order valence-corrected chi connectivity index (χ1v) is 7.88. The van der Waals surface area contributed by atoms with Crippen LogP contribution in [0.2, 0.25) is 0 Å². The molecule has 0 N–H and O–H groups in total. The van der Waals surface area contributed by atoms with E-state index in [0.717, 1.165) is 17.5 Å². The van der Waals surface area contributed by atoms with Crippen molar-refractivity contribution in [1.82, 2.24) is 0 Å². The Morgan fingerprint density at radius 1 is 1.05 bits per heavy atom. The quantitative estimate of drug-likeness (QED) is 0.618. The Bertz CT molecular complexity index is 572. The number of aryl methyl sites for hydroxylation is 1. The lowest BCUT2D eigenvalue weighted by Crippen LogP contribution is -1.98. The first kappa shape index (κ1) is 15.2. The van der Waals surface area contributed by atoms with Gasteiger partial charge in [0.25, 0.3) is 0 Å². The molecule has 0 saturated carbocycles. The SMILES string of the molecule is Cc1ccc(C(Br)c2ccc(CC(C)C)cc2)c(F)c1. The highest BCUT2D eigenvalue weighted by molar-refractivity contribution is 9.09. The number of alkyl halides is 1. The van der Waals surface area contributed by atoms with Crippen molar-refractivity contribution in [2.45, 2.75) is 32.0 Å². The van der Waals surface area contributed by atoms with Crippen LogP contribution in [0.25, 0.3) is 0 Å². The van der Waals surface area contributed by atoms with Crippen LogP contribution in [0.3, 0.4) is 0 Å². The Hall–Kier alpha value is -1.15. The molecular formula is C18H20BrF. The van der Waals surface area contributed by atoms with E-state index in [0.29, 0.717) is 11.5 Å². The van der Waals surface area contributed by atoms with E-state index < -0.39 is 0 Å². The summed E-state index contributed by atoms with van der Waals surface area (Å²) in [5, 5.41) is 0. The minimum atomic E-state index is -0.155. The van der Waals surface area contributed by atoms with E-state index in [2.05, 4.69) is 54.0 Å². The average molecular weight is 335 g/mol. The van der Waals surface area contributed by atoms with E-state index in [1.54, 1.807) is 6.07 Å². The van der Waals surface area contributed by atoms with Crippen LogP contribution in [0.1, 0.15) is 40.9 Å². The standard InChI is InChI=1S/C18H20BrF/c1-12(2)10-14-5-7-15(8-6-14)18(19)16-9-4-13(3)11-17(16)20/h4-9,11-12,18H,10H2,1-3H3. The average Bonchev–Trinajstić information content (AvgIpc) is 2.38. The third-order valence-corrected chi connectivity index (χ3v) is 4.37. The molecule has 0 amide bonds. The summed E-state index contributed by atoms with van der Waals surface area (Å²) in [6, 6.07) is 13.8.